The van der Waals surface area contributed by atoms with E-state index in [4.69, 9.17) is 20.4 Å². The topological polar surface area (TPSA) is 222 Å². The molecular weight excluding hydrogens is 388 g/mol. The van der Waals surface area contributed by atoms with Crippen LogP contribution in [0.5, 0.6) is 0 Å². The van der Waals surface area contributed by atoms with Gasteiger partial charge in [0.1, 0.15) is 0 Å². The number of aliphatic hydroxyl groups is 1. The second-order valence-electron chi connectivity index (χ2n) is 5.50. The Morgan fingerprint density at radius 2 is 1.07 bits per heavy atom. The molecule has 0 heterocycles. The molecule has 0 aliphatic carbocycles. The molecule has 0 amide bonds. The smallest absolute Gasteiger partial charge is 0.345 e. The van der Waals surface area contributed by atoms with Crippen LogP contribution in [0, 0.1) is 0 Å². The molecule has 0 aliphatic heterocycles. The van der Waals surface area contributed by atoms with Gasteiger partial charge in [0.15, 0.2) is 18.3 Å². The highest BCUT2D eigenvalue weighted by atomic mass is 16.6. The summed E-state index contributed by atoms with van der Waals surface area (Å²) in [7, 11) is 0. The average molecular weight is 408 g/mol. The lowest BCUT2D eigenvalue weighted by Crippen LogP contribution is -2.34. The number of esters is 2. The highest BCUT2D eigenvalue weighted by Crippen LogP contribution is 2.10. The van der Waals surface area contributed by atoms with Crippen LogP contribution in [0.25, 0.3) is 0 Å². The number of carbonyl (C=O) groups is 6. The third-order valence-corrected chi connectivity index (χ3v) is 3.22. The molecule has 0 saturated carbocycles. The van der Waals surface area contributed by atoms with Crippen LogP contribution in [0.4, 0.5) is 0 Å². The van der Waals surface area contributed by atoms with E-state index in [0.717, 1.165) is 0 Å². The molecule has 0 bridgehead atoms. The normalized spacial score (nSPS) is 13.6. The van der Waals surface area contributed by atoms with Crippen LogP contribution < -0.4 is 0 Å². The summed E-state index contributed by atoms with van der Waals surface area (Å²) in [4.78, 5) is 65.9. The summed E-state index contributed by atoms with van der Waals surface area (Å²) < 4.78 is 9.03. The fraction of sp³-hybridized carbons (Fsp3) is 0.600. The second kappa shape index (κ2) is 12.2. The number of aliphatic hydroxyl groups excluding tert-OH is 1. The quantitative estimate of drug-likeness (QED) is 0.214. The molecule has 28 heavy (non-hydrogen) atoms. The van der Waals surface area contributed by atoms with Crippen molar-refractivity contribution in [2.24, 2.45) is 0 Å². The van der Waals surface area contributed by atoms with Crippen molar-refractivity contribution in [1.29, 1.82) is 0 Å². The van der Waals surface area contributed by atoms with Gasteiger partial charge in [0.05, 0.1) is 0 Å². The van der Waals surface area contributed by atoms with E-state index in [1.807, 2.05) is 0 Å². The Morgan fingerprint density at radius 3 is 1.46 bits per heavy atom. The van der Waals surface area contributed by atoms with E-state index < -0.39 is 92.7 Å². The zero-order chi connectivity index (χ0) is 21.9. The minimum absolute atomic E-state index is 0.481. The summed E-state index contributed by atoms with van der Waals surface area (Å²) in [6.07, 6.45) is -8.88. The Balaban J connectivity index is 4.53. The summed E-state index contributed by atoms with van der Waals surface area (Å²) in [5.74, 6) is -8.35. The van der Waals surface area contributed by atoms with Gasteiger partial charge in [-0.25, -0.2) is 14.4 Å². The van der Waals surface area contributed by atoms with E-state index in [-0.39, 0.29) is 0 Å². The maximum atomic E-state index is 11.6. The number of carbonyl (C=O) groups excluding carboxylic acids is 2. The Bertz CT molecular complexity index is 611. The Morgan fingerprint density at radius 1 is 0.643 bits per heavy atom. The first-order valence-corrected chi connectivity index (χ1v) is 7.91. The second-order valence-corrected chi connectivity index (χ2v) is 5.50. The van der Waals surface area contributed by atoms with Gasteiger partial charge in [-0.1, -0.05) is 0 Å². The minimum Gasteiger partial charge on any atom is -0.481 e. The van der Waals surface area contributed by atoms with Gasteiger partial charge in [-0.2, -0.15) is 0 Å². The van der Waals surface area contributed by atoms with Crippen LogP contribution in [-0.4, -0.2) is 79.7 Å². The molecule has 13 heteroatoms. The predicted octanol–water partition coefficient (Wildman–Crippen LogP) is -1.15. The lowest BCUT2D eigenvalue weighted by Gasteiger charge is -2.16. The van der Waals surface area contributed by atoms with E-state index in [9.17, 15) is 33.9 Å². The summed E-state index contributed by atoms with van der Waals surface area (Å²) in [6, 6.07) is 0. The molecule has 5 N–H and O–H groups in total. The highest BCUT2D eigenvalue weighted by Gasteiger charge is 2.28. The number of hydrogen-bond donors (Lipinski definition) is 5. The number of hydrogen-bond acceptors (Lipinski definition) is 9. The molecule has 0 aromatic heterocycles. The van der Waals surface area contributed by atoms with Crippen LogP contribution in [0.2, 0.25) is 0 Å². The monoisotopic (exact) mass is 408 g/mol. The standard InChI is InChI=1S/C15H20O13/c16-7(15(26)28-9(14(24)25)3-5-11(19)20)1-6-12(21)27-8(13(22)23)2-4-10(17)18/h7-9,16H,1-6H2,(H,17,18)(H,19,20)(H,22,23)(H,24,25). The number of aliphatic carboxylic acids is 4. The molecular formula is C15H20O13. The van der Waals surface area contributed by atoms with E-state index in [0.29, 0.717) is 0 Å². The van der Waals surface area contributed by atoms with Gasteiger partial charge in [-0.3, -0.25) is 14.4 Å². The number of rotatable bonds is 14. The van der Waals surface area contributed by atoms with Crippen LogP contribution in [-0.2, 0) is 38.2 Å². The van der Waals surface area contributed by atoms with Gasteiger partial charge in [0.2, 0.25) is 0 Å². The Kier molecular flexibility index (Phi) is 10.8. The molecule has 0 aliphatic rings. The van der Waals surface area contributed by atoms with Gasteiger partial charge < -0.3 is 35.0 Å². The fourth-order valence-electron chi connectivity index (χ4n) is 1.78. The van der Waals surface area contributed by atoms with Crippen LogP contribution in [0.1, 0.15) is 38.5 Å². The molecule has 0 fully saturated rings. The lowest BCUT2D eigenvalue weighted by atomic mass is 10.1. The summed E-state index contributed by atoms with van der Waals surface area (Å²) in [6.45, 7) is 0. The maximum Gasteiger partial charge on any atom is 0.345 e. The first-order chi connectivity index (χ1) is 12.9. The summed E-state index contributed by atoms with van der Waals surface area (Å²) in [5.41, 5.74) is 0. The maximum absolute atomic E-state index is 11.6. The minimum atomic E-state index is -1.94. The summed E-state index contributed by atoms with van der Waals surface area (Å²) in [5, 5.41) is 44.3. The van der Waals surface area contributed by atoms with E-state index in [1.165, 1.54) is 0 Å². The SMILES string of the molecule is O=C(O)CCC(OC(=O)CCC(O)C(=O)OC(CCC(=O)O)C(=O)O)C(=O)O. The van der Waals surface area contributed by atoms with Crippen LogP contribution in [0.3, 0.4) is 0 Å². The van der Waals surface area contributed by atoms with Gasteiger partial charge in [0.25, 0.3) is 0 Å². The van der Waals surface area contributed by atoms with Crippen molar-refractivity contribution in [3.05, 3.63) is 0 Å². The van der Waals surface area contributed by atoms with Crippen molar-refractivity contribution in [2.75, 3.05) is 0 Å². The Hall–Kier alpha value is -3.22. The van der Waals surface area contributed by atoms with Crippen molar-refractivity contribution in [3.63, 3.8) is 0 Å². The highest BCUT2D eigenvalue weighted by molar-refractivity contribution is 5.82. The van der Waals surface area contributed by atoms with Gasteiger partial charge in [-0.05, 0) is 6.42 Å². The van der Waals surface area contributed by atoms with Crippen molar-refractivity contribution >= 4 is 35.8 Å². The molecule has 3 unspecified atom stereocenters. The van der Waals surface area contributed by atoms with Crippen molar-refractivity contribution < 1.29 is 63.8 Å². The van der Waals surface area contributed by atoms with E-state index in [2.05, 4.69) is 9.47 Å². The molecule has 158 valence electrons. The van der Waals surface area contributed by atoms with Gasteiger partial charge in [-0.15, -0.1) is 0 Å². The fourth-order valence-corrected chi connectivity index (χ4v) is 1.78. The average Bonchev–Trinajstić information content (AvgIpc) is 2.58. The predicted molar refractivity (Wildman–Crippen MR) is 84.0 cm³/mol. The molecule has 3 atom stereocenters. The van der Waals surface area contributed by atoms with Gasteiger partial charge in [0, 0.05) is 32.1 Å². The molecule has 0 aromatic rings. The Labute approximate surface area is 157 Å². The third-order valence-electron chi connectivity index (χ3n) is 3.22. The van der Waals surface area contributed by atoms with E-state index >= 15 is 0 Å². The number of carboxylic acid groups (broad SMARTS) is 4. The summed E-state index contributed by atoms with van der Waals surface area (Å²) >= 11 is 0. The third kappa shape index (κ3) is 10.7. The van der Waals surface area contributed by atoms with Crippen LogP contribution in [0.15, 0.2) is 0 Å². The van der Waals surface area contributed by atoms with Gasteiger partial charge >= 0.3 is 35.8 Å². The van der Waals surface area contributed by atoms with Crippen molar-refractivity contribution in [3.8, 4) is 0 Å². The largest absolute Gasteiger partial charge is 0.481 e. The zero-order valence-corrected chi connectivity index (χ0v) is 14.5. The molecule has 13 nitrogen and oxygen atoms in total. The molecule has 0 rings (SSSR count). The van der Waals surface area contributed by atoms with Crippen LogP contribution >= 0.6 is 0 Å². The first-order valence-electron chi connectivity index (χ1n) is 7.91. The molecule has 0 radical (unpaired) electrons. The molecule has 0 saturated heterocycles. The van der Waals surface area contributed by atoms with Crippen molar-refractivity contribution in [2.45, 2.75) is 56.8 Å². The lowest BCUT2D eigenvalue weighted by molar-refractivity contribution is -0.172. The molecule has 0 spiro atoms. The van der Waals surface area contributed by atoms with Crippen molar-refractivity contribution in [1.82, 2.24) is 0 Å². The first kappa shape index (κ1) is 24.8. The molecule has 0 aromatic carbocycles. The number of ether oxygens (including phenoxy) is 2. The zero-order valence-electron chi connectivity index (χ0n) is 14.5. The van der Waals surface area contributed by atoms with E-state index in [1.54, 1.807) is 0 Å². The number of carboxylic acids is 4.